The number of nitriles is 1. The molecule has 164 valence electrons. The second-order valence-corrected chi connectivity index (χ2v) is 8.91. The highest BCUT2D eigenvalue weighted by molar-refractivity contribution is 6.32. The largest absolute Gasteiger partial charge is 0.366 e. The smallest absolute Gasteiger partial charge is 0.209 e. The zero-order valence-corrected chi connectivity index (χ0v) is 19.0. The Morgan fingerprint density at radius 1 is 1.19 bits per heavy atom. The van der Waals surface area contributed by atoms with E-state index in [4.69, 9.17) is 16.9 Å². The average molecular weight is 439 g/mol. The molecule has 6 heteroatoms. The second kappa shape index (κ2) is 11.7. The number of carbonyl (C=O) groups excluding carboxylic acids is 1. The van der Waals surface area contributed by atoms with Crippen molar-refractivity contribution in [3.8, 4) is 6.07 Å². The molecule has 2 heterocycles. The van der Waals surface area contributed by atoms with E-state index in [0.29, 0.717) is 22.5 Å². The van der Waals surface area contributed by atoms with Gasteiger partial charge in [0.15, 0.2) is 0 Å². The van der Waals surface area contributed by atoms with Gasteiger partial charge in [-0.25, -0.2) is 0 Å². The molecule has 31 heavy (non-hydrogen) atoms. The molecule has 4 rings (SSSR count). The molecule has 1 saturated carbocycles. The first kappa shape index (κ1) is 23.1. The molecule has 2 aromatic rings. The molecule has 0 N–H and O–H groups in total. The van der Waals surface area contributed by atoms with Gasteiger partial charge >= 0.3 is 0 Å². The van der Waals surface area contributed by atoms with E-state index in [-0.39, 0.29) is 0 Å². The number of benzene rings is 1. The first-order valence-electron chi connectivity index (χ1n) is 11.1. The third-order valence-electron chi connectivity index (χ3n) is 6.22. The van der Waals surface area contributed by atoms with Gasteiger partial charge in [0.05, 0.1) is 10.6 Å². The van der Waals surface area contributed by atoms with Crippen molar-refractivity contribution in [3.63, 3.8) is 0 Å². The fourth-order valence-electron chi connectivity index (χ4n) is 4.43. The molecule has 5 nitrogen and oxygen atoms in total. The van der Waals surface area contributed by atoms with Gasteiger partial charge in [-0.15, -0.1) is 0 Å². The Hall–Kier alpha value is -2.58. The first-order chi connectivity index (χ1) is 15.1. The Labute approximate surface area is 190 Å². The summed E-state index contributed by atoms with van der Waals surface area (Å²) < 4.78 is 0. The maximum absolute atomic E-state index is 11.1. The van der Waals surface area contributed by atoms with Crippen LogP contribution in [0.1, 0.15) is 49.7 Å². The van der Waals surface area contributed by atoms with Crippen LogP contribution in [-0.2, 0) is 4.79 Å². The second-order valence-electron chi connectivity index (χ2n) is 8.50. The van der Waals surface area contributed by atoms with Gasteiger partial charge < -0.3 is 9.80 Å². The van der Waals surface area contributed by atoms with E-state index in [1.54, 1.807) is 18.5 Å². The zero-order valence-electron chi connectivity index (χ0n) is 18.2. The monoisotopic (exact) mass is 438 g/mol. The summed E-state index contributed by atoms with van der Waals surface area (Å²) in [7, 11) is 0. The summed E-state index contributed by atoms with van der Waals surface area (Å²) in [5.74, 6) is 0.707. The third-order valence-corrected chi connectivity index (χ3v) is 6.53. The van der Waals surface area contributed by atoms with Crippen molar-refractivity contribution < 1.29 is 4.79 Å². The van der Waals surface area contributed by atoms with Crippen molar-refractivity contribution in [3.05, 3.63) is 58.9 Å². The molecule has 2 fully saturated rings. The van der Waals surface area contributed by atoms with Crippen LogP contribution in [0.25, 0.3) is 0 Å². The molecule has 1 saturated heterocycles. The van der Waals surface area contributed by atoms with Crippen LogP contribution in [0, 0.1) is 24.2 Å². The Bertz CT molecular complexity index is 877. The van der Waals surface area contributed by atoms with E-state index < -0.39 is 0 Å². The minimum Gasteiger partial charge on any atom is -0.366 e. The molecule has 1 aromatic heterocycles. The molecule has 0 radical (unpaired) electrons. The Balaban J connectivity index is 0.000000330. The van der Waals surface area contributed by atoms with Crippen LogP contribution in [0.4, 0.5) is 5.69 Å². The first-order valence-corrected chi connectivity index (χ1v) is 11.5. The van der Waals surface area contributed by atoms with Gasteiger partial charge in [-0.05, 0) is 68.0 Å². The number of hydrogen-bond donors (Lipinski definition) is 0. The van der Waals surface area contributed by atoms with Crippen LogP contribution in [0.15, 0.2) is 42.7 Å². The van der Waals surface area contributed by atoms with Crippen molar-refractivity contribution >= 4 is 23.7 Å². The lowest BCUT2D eigenvalue weighted by molar-refractivity contribution is -0.117. The van der Waals surface area contributed by atoms with E-state index in [1.165, 1.54) is 37.7 Å². The maximum Gasteiger partial charge on any atom is 0.209 e. The van der Waals surface area contributed by atoms with Gasteiger partial charge in [-0.2, -0.15) is 5.26 Å². The minimum atomic E-state index is 0.334. The van der Waals surface area contributed by atoms with Crippen molar-refractivity contribution in [1.82, 2.24) is 9.88 Å². The van der Waals surface area contributed by atoms with Crippen LogP contribution in [-0.4, -0.2) is 42.0 Å². The van der Waals surface area contributed by atoms with Crippen LogP contribution < -0.4 is 4.90 Å². The molecule has 1 aromatic carbocycles. The van der Waals surface area contributed by atoms with Crippen molar-refractivity contribution in [2.75, 3.05) is 24.5 Å². The maximum atomic E-state index is 11.1. The molecule has 1 unspecified atom stereocenters. The molecule has 2 aliphatic rings. The number of amides is 1. The minimum absolute atomic E-state index is 0.334. The highest BCUT2D eigenvalue weighted by atomic mass is 35.5. The summed E-state index contributed by atoms with van der Waals surface area (Å²) in [5.41, 5.74) is 2.84. The highest BCUT2D eigenvalue weighted by Gasteiger charge is 2.29. The van der Waals surface area contributed by atoms with E-state index >= 15 is 0 Å². The Morgan fingerprint density at radius 3 is 2.48 bits per heavy atom. The number of rotatable bonds is 5. The quantitative estimate of drug-likeness (QED) is 0.600. The van der Waals surface area contributed by atoms with Gasteiger partial charge in [0.25, 0.3) is 0 Å². The normalized spacial score (nSPS) is 18.6. The molecular weight excluding hydrogens is 408 g/mol. The molecular formula is C25H31ClN4O. The topological polar surface area (TPSA) is 60.2 Å². The molecule has 1 aliphatic carbocycles. The molecule has 1 atom stereocenters. The van der Waals surface area contributed by atoms with Gasteiger partial charge in [0.1, 0.15) is 6.07 Å². The summed E-state index contributed by atoms with van der Waals surface area (Å²) in [4.78, 5) is 19.2. The number of aromatic nitrogens is 1. The van der Waals surface area contributed by atoms with Gasteiger partial charge in [-0.3, -0.25) is 9.78 Å². The number of halogens is 1. The number of pyridine rings is 1. The number of aryl methyl sites for hydroxylation is 1. The van der Waals surface area contributed by atoms with Gasteiger partial charge in [0.2, 0.25) is 6.41 Å². The Kier molecular flexibility index (Phi) is 8.73. The lowest BCUT2D eigenvalue weighted by Crippen LogP contribution is -2.41. The number of carbonyl (C=O) groups is 1. The lowest BCUT2D eigenvalue weighted by Gasteiger charge is -2.35. The molecule has 0 bridgehead atoms. The van der Waals surface area contributed by atoms with Crippen LogP contribution in [0.5, 0.6) is 0 Å². The van der Waals surface area contributed by atoms with Crippen LogP contribution >= 0.6 is 11.6 Å². The fraction of sp³-hybridized carbons (Fsp3) is 0.480. The van der Waals surface area contributed by atoms with Crippen LogP contribution in [0.3, 0.4) is 0 Å². The standard InChI is InChI=1S/C19H24ClN3O.C6H7N/c20-19-10-17(7-6-16(19)11-21)23(12-15-4-2-1-3-5-15)18-8-9-22(13-18)14-24;1-6-2-4-7-5-3-6/h6-7,10,14-15,18H,1-5,8-9,12-13H2;2-5H,1H3. The summed E-state index contributed by atoms with van der Waals surface area (Å²) in [6.45, 7) is 4.65. The van der Waals surface area contributed by atoms with Crippen molar-refractivity contribution in [2.24, 2.45) is 5.92 Å². The summed E-state index contributed by atoms with van der Waals surface area (Å²) in [5, 5.41) is 9.60. The zero-order chi connectivity index (χ0) is 22.1. The highest BCUT2D eigenvalue weighted by Crippen LogP contribution is 2.31. The van der Waals surface area contributed by atoms with E-state index in [9.17, 15) is 4.79 Å². The van der Waals surface area contributed by atoms with Gasteiger partial charge in [0, 0.05) is 43.8 Å². The molecule has 1 aliphatic heterocycles. The fourth-order valence-corrected chi connectivity index (χ4v) is 4.65. The average Bonchev–Trinajstić information content (AvgIpc) is 3.28. The molecule has 0 spiro atoms. The number of anilines is 1. The lowest BCUT2D eigenvalue weighted by atomic mass is 9.88. The van der Waals surface area contributed by atoms with E-state index in [2.05, 4.69) is 16.0 Å². The number of hydrogen-bond acceptors (Lipinski definition) is 4. The van der Waals surface area contributed by atoms with E-state index in [0.717, 1.165) is 38.2 Å². The molecule has 1 amide bonds. The SMILES string of the molecule is Cc1ccncc1.N#Cc1ccc(N(CC2CCCCC2)C2CCN(C=O)C2)cc1Cl. The number of nitrogens with zero attached hydrogens (tertiary/aromatic N) is 4. The van der Waals surface area contributed by atoms with Crippen molar-refractivity contribution in [1.29, 1.82) is 5.26 Å². The summed E-state index contributed by atoms with van der Waals surface area (Å²) >= 11 is 6.26. The van der Waals surface area contributed by atoms with E-state index in [1.807, 2.05) is 36.1 Å². The van der Waals surface area contributed by atoms with Gasteiger partial charge in [-0.1, -0.05) is 30.9 Å². The van der Waals surface area contributed by atoms with Crippen molar-refractivity contribution in [2.45, 2.75) is 51.5 Å². The summed E-state index contributed by atoms with van der Waals surface area (Å²) in [6.07, 6.45) is 12.1. The van der Waals surface area contributed by atoms with Crippen LogP contribution in [0.2, 0.25) is 5.02 Å². The third kappa shape index (κ3) is 6.70. The Morgan fingerprint density at radius 2 is 1.94 bits per heavy atom. The summed E-state index contributed by atoms with van der Waals surface area (Å²) in [6, 6.07) is 12.1. The number of likely N-dealkylation sites (tertiary alicyclic amines) is 1. The predicted octanol–water partition coefficient (Wildman–Crippen LogP) is 5.22. The predicted molar refractivity (Wildman–Crippen MR) is 125 cm³/mol.